The van der Waals surface area contributed by atoms with Crippen molar-refractivity contribution in [3.05, 3.63) is 113 Å². The van der Waals surface area contributed by atoms with Gasteiger partial charge >= 0.3 is 5.97 Å². The number of carbonyl (C=O) groups excluding carboxylic acids is 3. The zero-order valence-electron chi connectivity index (χ0n) is 27.4. The van der Waals surface area contributed by atoms with E-state index in [0.717, 1.165) is 18.8 Å². The van der Waals surface area contributed by atoms with Crippen LogP contribution in [0.4, 0.5) is 11.4 Å². The molecule has 3 N–H and O–H groups in total. The molecule has 4 aromatic rings. The molecule has 0 radical (unpaired) electrons. The van der Waals surface area contributed by atoms with Gasteiger partial charge in [0.05, 0.1) is 16.9 Å². The molecule has 2 amide bonds. The molecule has 8 heteroatoms. The summed E-state index contributed by atoms with van der Waals surface area (Å²) in [6.45, 7) is 11.1. The minimum absolute atomic E-state index is 0.283. The van der Waals surface area contributed by atoms with Crippen LogP contribution in [0, 0.1) is 0 Å². The van der Waals surface area contributed by atoms with Crippen molar-refractivity contribution in [1.29, 1.82) is 0 Å². The fraction of sp³-hybridized carbons (Fsp3) is 0.316. The third-order valence-corrected chi connectivity index (χ3v) is 7.72. The lowest BCUT2D eigenvalue weighted by Gasteiger charge is -2.23. The number of nitrogens with two attached hydrogens (primary N) is 1. The van der Waals surface area contributed by atoms with E-state index in [1.807, 2.05) is 12.1 Å². The molecule has 0 saturated carbocycles. The summed E-state index contributed by atoms with van der Waals surface area (Å²) in [5.74, 6) is -1.47. The molecule has 0 aliphatic heterocycles. The average molecular weight is 621 g/mol. The fourth-order valence-corrected chi connectivity index (χ4v) is 5.36. The molecule has 0 bridgehead atoms. The summed E-state index contributed by atoms with van der Waals surface area (Å²) in [4.78, 5) is 44.0. The van der Waals surface area contributed by atoms with Crippen molar-refractivity contribution in [2.24, 2.45) is 5.73 Å². The van der Waals surface area contributed by atoms with Gasteiger partial charge in [-0.2, -0.15) is 0 Å². The number of benzene rings is 3. The van der Waals surface area contributed by atoms with Crippen LogP contribution in [0.25, 0.3) is 11.3 Å². The van der Waals surface area contributed by atoms with Gasteiger partial charge in [0.15, 0.2) is 0 Å². The van der Waals surface area contributed by atoms with Crippen LogP contribution in [0.2, 0.25) is 0 Å². The molecule has 46 heavy (non-hydrogen) atoms. The number of anilines is 2. The number of hydrogen-bond acceptors (Lipinski definition) is 6. The summed E-state index contributed by atoms with van der Waals surface area (Å²) in [6.07, 6.45) is 6.88. The molecular weight excluding hydrogens is 576 g/mol. The first-order chi connectivity index (χ1) is 22.0. The number of pyridine rings is 1. The van der Waals surface area contributed by atoms with E-state index in [2.05, 4.69) is 53.3 Å². The summed E-state index contributed by atoms with van der Waals surface area (Å²) in [5, 5.41) is 2.92. The molecule has 240 valence electrons. The van der Waals surface area contributed by atoms with E-state index in [1.54, 1.807) is 68.3 Å². The molecule has 0 spiro atoms. The highest BCUT2D eigenvalue weighted by atomic mass is 16.6. The number of nitrogens with one attached hydrogen (secondary N) is 1. The lowest BCUT2D eigenvalue weighted by molar-refractivity contribution is 0.00693. The molecule has 0 unspecified atom stereocenters. The quantitative estimate of drug-likeness (QED) is 0.198. The molecule has 1 aliphatic carbocycles. The Morgan fingerprint density at radius 2 is 1.48 bits per heavy atom. The van der Waals surface area contributed by atoms with Gasteiger partial charge in [0.1, 0.15) is 5.60 Å². The van der Waals surface area contributed by atoms with Crippen LogP contribution in [-0.4, -0.2) is 41.5 Å². The number of aryl methyl sites for hydroxylation is 2. The van der Waals surface area contributed by atoms with Gasteiger partial charge in [-0.1, -0.05) is 30.3 Å². The first-order valence-corrected chi connectivity index (χ1v) is 15.9. The largest absolute Gasteiger partial charge is 0.456 e. The van der Waals surface area contributed by atoms with Crippen LogP contribution in [0.1, 0.15) is 89.7 Å². The molecule has 1 heterocycles. The SMILES string of the molecule is CCN(CC)c1ccc(NC(=O)c2cccc(C(=O)OC(C)(C)C)c2)c(-c2cc(C(N)=O)ccn2)c1.c1ccc2c(c1)CCCC2. The van der Waals surface area contributed by atoms with Gasteiger partial charge in [0.25, 0.3) is 5.91 Å². The highest BCUT2D eigenvalue weighted by molar-refractivity contribution is 6.07. The van der Waals surface area contributed by atoms with Gasteiger partial charge < -0.3 is 20.7 Å². The third kappa shape index (κ3) is 9.03. The first-order valence-electron chi connectivity index (χ1n) is 15.9. The van der Waals surface area contributed by atoms with Gasteiger partial charge in [-0.15, -0.1) is 0 Å². The molecular formula is C38H44N4O4. The summed E-state index contributed by atoms with van der Waals surface area (Å²) >= 11 is 0. The van der Waals surface area contributed by atoms with Crippen molar-refractivity contribution >= 4 is 29.2 Å². The number of nitrogens with zero attached hydrogens (tertiary/aromatic N) is 2. The van der Waals surface area contributed by atoms with E-state index in [1.165, 1.54) is 37.9 Å². The highest BCUT2D eigenvalue weighted by Crippen LogP contribution is 2.32. The standard InChI is InChI=1S/C28H32N4O4.C10H12/c1-6-32(7-2)21-11-12-23(22(17-21)24-16-18(25(29)33)13-14-30-24)31-26(34)19-9-8-10-20(15-19)27(35)36-28(3,4)5;1-2-6-10-8-4-3-7-9(10)5-1/h8-17H,6-7H2,1-5H3,(H2,29,33)(H,31,34);1-2,5-6H,3-4,7-8H2. The number of hydrogen-bond donors (Lipinski definition) is 2. The Bertz CT molecular complexity index is 1660. The monoisotopic (exact) mass is 620 g/mol. The second-order valence-corrected chi connectivity index (χ2v) is 12.2. The van der Waals surface area contributed by atoms with Crippen LogP contribution in [-0.2, 0) is 17.6 Å². The Morgan fingerprint density at radius 3 is 2.09 bits per heavy atom. The van der Waals surface area contributed by atoms with E-state index < -0.39 is 23.4 Å². The predicted octanol–water partition coefficient (Wildman–Crippen LogP) is 7.47. The van der Waals surface area contributed by atoms with Crippen LogP contribution < -0.4 is 16.0 Å². The Morgan fingerprint density at radius 1 is 0.826 bits per heavy atom. The van der Waals surface area contributed by atoms with Gasteiger partial charge in [0, 0.05) is 41.7 Å². The van der Waals surface area contributed by atoms with Gasteiger partial charge in [-0.3, -0.25) is 14.6 Å². The normalized spacial score (nSPS) is 12.2. The van der Waals surface area contributed by atoms with E-state index in [4.69, 9.17) is 10.5 Å². The number of primary amides is 1. The lowest BCUT2D eigenvalue weighted by atomic mass is 9.92. The lowest BCUT2D eigenvalue weighted by Crippen LogP contribution is -2.24. The van der Waals surface area contributed by atoms with E-state index in [9.17, 15) is 14.4 Å². The molecule has 0 fully saturated rings. The van der Waals surface area contributed by atoms with Crippen molar-refractivity contribution in [2.45, 2.75) is 65.9 Å². The van der Waals surface area contributed by atoms with Gasteiger partial charge in [0.2, 0.25) is 5.91 Å². The first kappa shape index (κ1) is 33.9. The van der Waals surface area contributed by atoms with Crippen LogP contribution in [0.3, 0.4) is 0 Å². The zero-order valence-corrected chi connectivity index (χ0v) is 27.4. The second kappa shape index (κ2) is 15.3. The highest BCUT2D eigenvalue weighted by Gasteiger charge is 2.20. The average Bonchev–Trinajstić information content (AvgIpc) is 3.05. The Balaban J connectivity index is 0.000000402. The van der Waals surface area contributed by atoms with Crippen LogP contribution in [0.5, 0.6) is 0 Å². The number of ether oxygens (including phenoxy) is 1. The van der Waals surface area contributed by atoms with Gasteiger partial charge in [-0.25, -0.2) is 4.79 Å². The number of esters is 1. The molecule has 5 rings (SSSR count). The number of amides is 2. The summed E-state index contributed by atoms with van der Waals surface area (Å²) < 4.78 is 5.42. The fourth-order valence-electron chi connectivity index (χ4n) is 5.36. The van der Waals surface area contributed by atoms with Crippen molar-refractivity contribution in [1.82, 2.24) is 4.98 Å². The third-order valence-electron chi connectivity index (χ3n) is 7.72. The van der Waals surface area contributed by atoms with Crippen LogP contribution in [0.15, 0.2) is 85.1 Å². The van der Waals surface area contributed by atoms with Crippen molar-refractivity contribution in [3.63, 3.8) is 0 Å². The molecule has 0 atom stereocenters. The molecule has 1 aliphatic rings. The number of rotatable bonds is 8. The maximum atomic E-state index is 13.2. The smallest absolute Gasteiger partial charge is 0.338 e. The van der Waals surface area contributed by atoms with Crippen molar-refractivity contribution in [3.8, 4) is 11.3 Å². The minimum atomic E-state index is -0.649. The molecule has 0 saturated heterocycles. The predicted molar refractivity (Wildman–Crippen MR) is 184 cm³/mol. The molecule has 3 aromatic carbocycles. The van der Waals surface area contributed by atoms with E-state index in [-0.39, 0.29) is 5.56 Å². The maximum absolute atomic E-state index is 13.2. The number of fused-ring (bicyclic) bond motifs is 1. The summed E-state index contributed by atoms with van der Waals surface area (Å²) in [6, 6.07) is 24.0. The number of aromatic nitrogens is 1. The zero-order chi connectivity index (χ0) is 33.3. The Hall–Kier alpha value is -4.98. The summed E-state index contributed by atoms with van der Waals surface area (Å²) in [7, 11) is 0. The van der Waals surface area contributed by atoms with Gasteiger partial charge in [-0.05, 0) is 120 Å². The molecule has 1 aromatic heterocycles. The van der Waals surface area contributed by atoms with E-state index >= 15 is 0 Å². The van der Waals surface area contributed by atoms with Crippen molar-refractivity contribution in [2.75, 3.05) is 23.3 Å². The Kier molecular flexibility index (Phi) is 11.3. The second-order valence-electron chi connectivity index (χ2n) is 12.2. The van der Waals surface area contributed by atoms with Crippen LogP contribution >= 0.6 is 0 Å². The minimum Gasteiger partial charge on any atom is -0.456 e. The number of carbonyl (C=O) groups is 3. The maximum Gasteiger partial charge on any atom is 0.338 e. The molecule has 8 nitrogen and oxygen atoms in total. The van der Waals surface area contributed by atoms with Crippen molar-refractivity contribution < 1.29 is 19.1 Å². The topological polar surface area (TPSA) is 115 Å². The Labute approximate surface area is 272 Å². The van der Waals surface area contributed by atoms with E-state index in [0.29, 0.717) is 28.1 Å². The summed E-state index contributed by atoms with van der Waals surface area (Å²) in [5.41, 5.74) is 11.5.